The van der Waals surface area contributed by atoms with E-state index in [0.29, 0.717) is 39.6 Å². The quantitative estimate of drug-likeness (QED) is 0.0302. The molecule has 5 aromatic rings. The van der Waals surface area contributed by atoms with Gasteiger partial charge in [0.1, 0.15) is 0 Å². The SMILES string of the molecule is C=Cc1ccc(/C=C/c2cc(/C=C/c3ccc(/C=C/c4cc(/C=C/c5ccc(C=C)c(OCCCC)c5OCCCC)cc(C(C)(C)C)c4)c(OCCCC)c3OCCCC)cc(C(C)(C)C)c2)c(OCCCC)c1OCCCC. The van der Waals surface area contributed by atoms with Crippen LogP contribution in [0.3, 0.4) is 0 Å². The van der Waals surface area contributed by atoms with Gasteiger partial charge in [-0.3, -0.25) is 0 Å². The Morgan fingerprint density at radius 1 is 0.300 bits per heavy atom. The molecule has 0 fully saturated rings. The zero-order valence-electron chi connectivity index (χ0n) is 51.3. The Morgan fingerprint density at radius 3 is 0.688 bits per heavy atom. The molecule has 0 N–H and O–H groups in total. The summed E-state index contributed by atoms with van der Waals surface area (Å²) in [6, 6.07) is 26.4. The van der Waals surface area contributed by atoms with E-state index < -0.39 is 0 Å². The van der Waals surface area contributed by atoms with Crippen LogP contribution in [0.4, 0.5) is 0 Å². The molecule has 0 aliphatic rings. The van der Waals surface area contributed by atoms with E-state index in [1.165, 1.54) is 11.1 Å². The molecule has 5 rings (SSSR count). The molecule has 0 spiro atoms. The van der Waals surface area contributed by atoms with Crippen LogP contribution in [0.25, 0.3) is 60.8 Å². The largest absolute Gasteiger partial charge is 0.489 e. The molecule has 0 aliphatic carbocycles. The van der Waals surface area contributed by atoms with Crippen LogP contribution in [0, 0.1) is 0 Å². The van der Waals surface area contributed by atoms with Crippen molar-refractivity contribution in [3.05, 3.63) is 153 Å². The predicted octanol–water partition coefficient (Wildman–Crippen LogP) is 21.3. The van der Waals surface area contributed by atoms with E-state index in [2.05, 4.69) is 218 Å². The highest BCUT2D eigenvalue weighted by molar-refractivity contribution is 5.83. The van der Waals surface area contributed by atoms with Crippen molar-refractivity contribution in [1.82, 2.24) is 0 Å². The van der Waals surface area contributed by atoms with Gasteiger partial charge < -0.3 is 28.4 Å². The van der Waals surface area contributed by atoms with Crippen LogP contribution in [0.1, 0.15) is 227 Å². The maximum atomic E-state index is 6.78. The minimum atomic E-state index is -0.0872. The fourth-order valence-corrected chi connectivity index (χ4v) is 8.78. The molecule has 0 saturated heterocycles. The lowest BCUT2D eigenvalue weighted by Gasteiger charge is -2.21. The molecule has 0 aliphatic heterocycles. The zero-order chi connectivity index (χ0) is 57.9. The molecule has 0 saturated carbocycles. The summed E-state index contributed by atoms with van der Waals surface area (Å²) in [5.41, 5.74) is 12.5. The van der Waals surface area contributed by atoms with Crippen molar-refractivity contribution in [2.75, 3.05) is 39.6 Å². The minimum Gasteiger partial charge on any atom is -0.489 e. The first-order chi connectivity index (χ1) is 38.6. The van der Waals surface area contributed by atoms with Gasteiger partial charge in [-0.25, -0.2) is 0 Å². The van der Waals surface area contributed by atoms with Gasteiger partial charge in [-0.05, 0) is 94.9 Å². The smallest absolute Gasteiger partial charge is 0.168 e. The normalized spacial score (nSPS) is 12.1. The first-order valence-electron chi connectivity index (χ1n) is 30.2. The van der Waals surface area contributed by atoms with E-state index >= 15 is 0 Å². The molecule has 0 atom stereocenters. The number of rotatable bonds is 34. The lowest BCUT2D eigenvalue weighted by Crippen LogP contribution is -2.11. The maximum Gasteiger partial charge on any atom is 0.168 e. The number of hydrogen-bond donors (Lipinski definition) is 0. The third-order valence-corrected chi connectivity index (χ3v) is 13.9. The van der Waals surface area contributed by atoms with Gasteiger partial charge in [0, 0.05) is 33.4 Å². The number of unbranched alkanes of at least 4 members (excludes halogenated alkanes) is 6. The highest BCUT2D eigenvalue weighted by atomic mass is 16.5. The molecule has 5 aromatic carbocycles. The van der Waals surface area contributed by atoms with Crippen molar-refractivity contribution in [1.29, 1.82) is 0 Å². The van der Waals surface area contributed by atoms with Gasteiger partial charge in [-0.2, -0.15) is 0 Å². The molecule has 6 heteroatoms. The first kappa shape index (κ1) is 64.2. The lowest BCUT2D eigenvalue weighted by molar-refractivity contribution is 0.261. The van der Waals surface area contributed by atoms with Crippen LogP contribution < -0.4 is 28.4 Å². The molecule has 0 bridgehead atoms. The van der Waals surface area contributed by atoms with Crippen molar-refractivity contribution in [3.8, 4) is 34.5 Å². The fourth-order valence-electron chi connectivity index (χ4n) is 8.78. The fraction of sp³-hybridized carbons (Fsp3) is 0.432. The first-order valence-corrected chi connectivity index (χ1v) is 30.2. The molecule has 0 unspecified atom stereocenters. The highest BCUT2D eigenvalue weighted by Gasteiger charge is 2.20. The Morgan fingerprint density at radius 2 is 0.500 bits per heavy atom. The van der Waals surface area contributed by atoms with Gasteiger partial charge in [0.15, 0.2) is 34.5 Å². The van der Waals surface area contributed by atoms with Gasteiger partial charge in [-0.15, -0.1) is 0 Å². The Balaban J connectivity index is 1.59. The van der Waals surface area contributed by atoms with E-state index in [-0.39, 0.29) is 10.8 Å². The van der Waals surface area contributed by atoms with E-state index in [9.17, 15) is 0 Å². The Bertz CT molecular complexity index is 2670. The number of hydrogen-bond acceptors (Lipinski definition) is 6. The highest BCUT2D eigenvalue weighted by Crippen LogP contribution is 2.41. The second-order valence-electron chi connectivity index (χ2n) is 22.9. The third kappa shape index (κ3) is 19.6. The van der Waals surface area contributed by atoms with E-state index in [4.69, 9.17) is 28.4 Å². The second kappa shape index (κ2) is 33.2. The zero-order valence-corrected chi connectivity index (χ0v) is 51.3. The summed E-state index contributed by atoms with van der Waals surface area (Å²) in [7, 11) is 0. The Kier molecular flexibility index (Phi) is 26.6. The summed E-state index contributed by atoms with van der Waals surface area (Å²) in [6.07, 6.45) is 33.1. The van der Waals surface area contributed by atoms with Gasteiger partial charge in [-0.1, -0.05) is 256 Å². The van der Waals surface area contributed by atoms with Crippen molar-refractivity contribution in [3.63, 3.8) is 0 Å². The third-order valence-electron chi connectivity index (χ3n) is 13.9. The molecule has 0 heterocycles. The molecular weight excluding hydrogens is 985 g/mol. The summed E-state index contributed by atoms with van der Waals surface area (Å²) >= 11 is 0. The topological polar surface area (TPSA) is 55.4 Å². The number of benzene rings is 5. The minimum absolute atomic E-state index is 0.0872. The van der Waals surface area contributed by atoms with E-state index in [1.54, 1.807) is 0 Å². The van der Waals surface area contributed by atoms with Gasteiger partial charge in [0.25, 0.3) is 0 Å². The second-order valence-corrected chi connectivity index (χ2v) is 22.9. The van der Waals surface area contributed by atoms with Crippen LogP contribution in [-0.4, -0.2) is 39.6 Å². The Hall–Kier alpha value is -6.66. The number of ether oxygens (including phenoxy) is 6. The van der Waals surface area contributed by atoms with Crippen molar-refractivity contribution in [2.45, 2.75) is 171 Å². The van der Waals surface area contributed by atoms with Crippen LogP contribution >= 0.6 is 0 Å². The van der Waals surface area contributed by atoms with Crippen molar-refractivity contribution in [2.24, 2.45) is 0 Å². The van der Waals surface area contributed by atoms with E-state index in [0.717, 1.165) is 167 Å². The summed E-state index contributed by atoms with van der Waals surface area (Å²) in [5, 5.41) is 0. The molecular formula is C74H98O6. The van der Waals surface area contributed by atoms with Crippen LogP contribution in [-0.2, 0) is 10.8 Å². The summed E-state index contributed by atoms with van der Waals surface area (Å²) in [5.74, 6) is 4.60. The van der Waals surface area contributed by atoms with Crippen molar-refractivity contribution < 1.29 is 28.4 Å². The molecule has 80 heavy (non-hydrogen) atoms. The molecule has 0 amide bonds. The van der Waals surface area contributed by atoms with Gasteiger partial charge in [0.05, 0.1) is 39.6 Å². The van der Waals surface area contributed by atoms with Crippen molar-refractivity contribution >= 4 is 60.8 Å². The van der Waals surface area contributed by atoms with Gasteiger partial charge >= 0.3 is 0 Å². The average molecular weight is 1080 g/mol. The standard InChI is InChI=1S/C74H98O6/c1-15-23-43-75-67-59(21-7)37-39-61(69(67)77-45-25-17-3)33-29-55-49-57(53-65(51-55)73(9,10)11)31-35-63-41-42-64(72(80-48-28-20-6)71(63)79-47-27-19-5)36-32-58-50-56(52-66(54-58)74(12,13)14)30-34-62-40-38-60(22-8)68(76-44-24-16-2)70(62)78-46-26-18-4/h21-22,29-42,49-54H,7-8,15-20,23-28,43-48H2,1-6,9-14H3/b33-29+,34-30+,35-31+,36-32+. The summed E-state index contributed by atoms with van der Waals surface area (Å²) in [4.78, 5) is 0. The predicted molar refractivity (Wildman–Crippen MR) is 348 cm³/mol. The van der Waals surface area contributed by atoms with Gasteiger partial charge in [0.2, 0.25) is 0 Å². The Labute approximate surface area is 484 Å². The summed E-state index contributed by atoms with van der Waals surface area (Å²) < 4.78 is 39.3. The lowest BCUT2D eigenvalue weighted by atomic mass is 9.84. The monoisotopic (exact) mass is 1080 g/mol. The molecule has 6 nitrogen and oxygen atoms in total. The molecule has 0 radical (unpaired) electrons. The maximum absolute atomic E-state index is 6.78. The van der Waals surface area contributed by atoms with Crippen LogP contribution in [0.15, 0.2) is 86.0 Å². The van der Waals surface area contributed by atoms with E-state index in [1.807, 2.05) is 12.2 Å². The molecule has 0 aromatic heterocycles. The van der Waals surface area contributed by atoms with Crippen LogP contribution in [0.5, 0.6) is 34.5 Å². The van der Waals surface area contributed by atoms with Crippen LogP contribution in [0.2, 0.25) is 0 Å². The summed E-state index contributed by atoms with van der Waals surface area (Å²) in [6.45, 7) is 38.6. The average Bonchev–Trinajstić information content (AvgIpc) is 3.44. The molecule has 430 valence electrons.